The van der Waals surface area contributed by atoms with Crippen LogP contribution in [0, 0.1) is 6.92 Å². The van der Waals surface area contributed by atoms with Gasteiger partial charge >= 0.3 is 6.18 Å². The molecule has 1 aliphatic heterocycles. The normalized spacial score (nSPS) is 24.7. The predicted molar refractivity (Wildman–Crippen MR) is 66.8 cm³/mol. The molecule has 4 heteroatoms. The van der Waals surface area contributed by atoms with E-state index in [2.05, 4.69) is 18.7 Å². The summed E-state index contributed by atoms with van der Waals surface area (Å²) < 4.78 is 38.7. The van der Waals surface area contributed by atoms with Gasteiger partial charge in [0.1, 0.15) is 0 Å². The summed E-state index contributed by atoms with van der Waals surface area (Å²) in [5.41, 5.74) is 0.447. The van der Waals surface area contributed by atoms with E-state index < -0.39 is 11.7 Å². The molecule has 18 heavy (non-hydrogen) atoms. The zero-order valence-electron chi connectivity index (χ0n) is 10.9. The van der Waals surface area contributed by atoms with Crippen LogP contribution in [-0.4, -0.2) is 12.1 Å². The van der Waals surface area contributed by atoms with Gasteiger partial charge in [-0.1, -0.05) is 6.07 Å². The summed E-state index contributed by atoms with van der Waals surface area (Å²) in [5, 5.41) is 0. The van der Waals surface area contributed by atoms with Crippen LogP contribution in [0.25, 0.3) is 0 Å². The Morgan fingerprint density at radius 2 is 1.67 bits per heavy atom. The van der Waals surface area contributed by atoms with Crippen molar-refractivity contribution in [2.24, 2.45) is 0 Å². The monoisotopic (exact) mass is 257 g/mol. The molecule has 0 bridgehead atoms. The van der Waals surface area contributed by atoms with Gasteiger partial charge in [-0.15, -0.1) is 0 Å². The standard InChI is InChI=1S/C14H18F3N/c1-9-4-7-12(8-13(9)14(15,16)17)18-10(2)5-6-11(18)3/h4,7-8,10-11H,5-6H2,1-3H3. The molecule has 0 radical (unpaired) electrons. The van der Waals surface area contributed by atoms with Crippen molar-refractivity contribution in [3.8, 4) is 0 Å². The molecule has 2 atom stereocenters. The summed E-state index contributed by atoms with van der Waals surface area (Å²) >= 11 is 0. The Morgan fingerprint density at radius 3 is 2.17 bits per heavy atom. The van der Waals surface area contributed by atoms with Gasteiger partial charge < -0.3 is 4.90 Å². The first-order valence-corrected chi connectivity index (χ1v) is 6.27. The molecular weight excluding hydrogens is 239 g/mol. The van der Waals surface area contributed by atoms with E-state index in [9.17, 15) is 13.2 Å². The second-order valence-electron chi connectivity index (χ2n) is 5.18. The van der Waals surface area contributed by atoms with Crippen molar-refractivity contribution in [1.29, 1.82) is 0 Å². The topological polar surface area (TPSA) is 3.24 Å². The van der Waals surface area contributed by atoms with E-state index in [0.717, 1.165) is 12.8 Å². The van der Waals surface area contributed by atoms with Gasteiger partial charge in [-0.25, -0.2) is 0 Å². The van der Waals surface area contributed by atoms with Crippen LogP contribution in [0.2, 0.25) is 0 Å². The van der Waals surface area contributed by atoms with E-state index in [1.807, 2.05) is 0 Å². The smallest absolute Gasteiger partial charge is 0.366 e. The lowest BCUT2D eigenvalue weighted by Gasteiger charge is -2.29. The molecule has 0 aromatic heterocycles. The average molecular weight is 257 g/mol. The largest absolute Gasteiger partial charge is 0.416 e. The van der Waals surface area contributed by atoms with Crippen LogP contribution in [0.1, 0.15) is 37.8 Å². The molecule has 0 N–H and O–H groups in total. The van der Waals surface area contributed by atoms with Gasteiger partial charge in [0.15, 0.2) is 0 Å². The number of hydrogen-bond acceptors (Lipinski definition) is 1. The zero-order valence-corrected chi connectivity index (χ0v) is 10.9. The molecule has 0 aliphatic carbocycles. The molecule has 1 fully saturated rings. The summed E-state index contributed by atoms with van der Waals surface area (Å²) in [6, 6.07) is 5.26. The SMILES string of the molecule is Cc1ccc(N2C(C)CCC2C)cc1C(F)(F)F. The Morgan fingerprint density at radius 1 is 1.11 bits per heavy atom. The molecular formula is C14H18F3N. The Labute approximate surface area is 106 Å². The molecule has 1 nitrogen and oxygen atoms in total. The predicted octanol–water partition coefficient (Wildman–Crippen LogP) is 4.39. The molecule has 1 aromatic rings. The van der Waals surface area contributed by atoms with Crippen molar-refractivity contribution < 1.29 is 13.2 Å². The van der Waals surface area contributed by atoms with Crippen LogP contribution in [-0.2, 0) is 6.18 Å². The third-order valence-corrected chi connectivity index (χ3v) is 3.78. The second-order valence-corrected chi connectivity index (χ2v) is 5.18. The van der Waals surface area contributed by atoms with Crippen LogP contribution in [0.15, 0.2) is 18.2 Å². The van der Waals surface area contributed by atoms with Gasteiger partial charge in [0.25, 0.3) is 0 Å². The highest BCUT2D eigenvalue weighted by molar-refractivity contribution is 5.54. The summed E-state index contributed by atoms with van der Waals surface area (Å²) in [5.74, 6) is 0. The summed E-state index contributed by atoms with van der Waals surface area (Å²) in [6.45, 7) is 5.64. The van der Waals surface area contributed by atoms with Crippen LogP contribution in [0.3, 0.4) is 0 Å². The van der Waals surface area contributed by atoms with Crippen molar-refractivity contribution in [1.82, 2.24) is 0 Å². The van der Waals surface area contributed by atoms with Crippen molar-refractivity contribution in [3.05, 3.63) is 29.3 Å². The molecule has 0 amide bonds. The fraction of sp³-hybridized carbons (Fsp3) is 0.571. The minimum Gasteiger partial charge on any atom is -0.366 e. The van der Waals surface area contributed by atoms with Gasteiger partial charge in [0.05, 0.1) is 5.56 Å². The van der Waals surface area contributed by atoms with Gasteiger partial charge in [-0.05, 0) is 51.3 Å². The highest BCUT2D eigenvalue weighted by atomic mass is 19.4. The van der Waals surface area contributed by atoms with Gasteiger partial charge in [-0.3, -0.25) is 0 Å². The van der Waals surface area contributed by atoms with Crippen LogP contribution in [0.5, 0.6) is 0 Å². The van der Waals surface area contributed by atoms with E-state index in [0.29, 0.717) is 17.8 Å². The van der Waals surface area contributed by atoms with Crippen LogP contribution < -0.4 is 4.90 Å². The number of aryl methyl sites for hydroxylation is 1. The lowest BCUT2D eigenvalue weighted by molar-refractivity contribution is -0.138. The molecule has 0 saturated carbocycles. The second kappa shape index (κ2) is 4.48. The Bertz CT molecular complexity index is 429. The summed E-state index contributed by atoms with van der Waals surface area (Å²) in [6.07, 6.45) is -2.20. The lowest BCUT2D eigenvalue weighted by Crippen LogP contribution is -2.32. The third-order valence-electron chi connectivity index (χ3n) is 3.78. The zero-order chi connectivity index (χ0) is 13.5. The maximum Gasteiger partial charge on any atom is 0.416 e. The molecule has 2 unspecified atom stereocenters. The number of nitrogens with zero attached hydrogens (tertiary/aromatic N) is 1. The molecule has 1 aromatic carbocycles. The van der Waals surface area contributed by atoms with E-state index in [1.165, 1.54) is 13.0 Å². The summed E-state index contributed by atoms with van der Waals surface area (Å²) in [4.78, 5) is 2.09. The molecule has 2 rings (SSSR count). The first-order valence-electron chi connectivity index (χ1n) is 6.27. The van der Waals surface area contributed by atoms with Gasteiger partial charge in [0, 0.05) is 17.8 Å². The van der Waals surface area contributed by atoms with Crippen molar-refractivity contribution in [2.45, 2.75) is 51.9 Å². The molecule has 1 heterocycles. The van der Waals surface area contributed by atoms with E-state index >= 15 is 0 Å². The molecule has 1 aliphatic rings. The van der Waals surface area contributed by atoms with E-state index in [1.54, 1.807) is 12.1 Å². The highest BCUT2D eigenvalue weighted by Gasteiger charge is 2.34. The number of halogens is 3. The lowest BCUT2D eigenvalue weighted by atomic mass is 10.1. The van der Waals surface area contributed by atoms with Crippen molar-refractivity contribution >= 4 is 5.69 Å². The van der Waals surface area contributed by atoms with E-state index in [-0.39, 0.29) is 5.56 Å². The van der Waals surface area contributed by atoms with E-state index in [4.69, 9.17) is 0 Å². The number of rotatable bonds is 1. The van der Waals surface area contributed by atoms with Crippen LogP contribution >= 0.6 is 0 Å². The number of benzene rings is 1. The molecule has 1 saturated heterocycles. The Kier molecular flexibility index (Phi) is 3.30. The number of alkyl halides is 3. The van der Waals surface area contributed by atoms with Crippen molar-refractivity contribution in [2.75, 3.05) is 4.90 Å². The minimum absolute atomic E-state index is 0.283. The fourth-order valence-electron chi connectivity index (χ4n) is 2.78. The van der Waals surface area contributed by atoms with Crippen LogP contribution in [0.4, 0.5) is 18.9 Å². The average Bonchev–Trinajstić information content (AvgIpc) is 2.58. The highest BCUT2D eigenvalue weighted by Crippen LogP contribution is 2.37. The molecule has 0 spiro atoms. The first-order chi connectivity index (χ1) is 8.30. The maximum absolute atomic E-state index is 12.9. The Balaban J connectivity index is 2.41. The van der Waals surface area contributed by atoms with Crippen molar-refractivity contribution in [3.63, 3.8) is 0 Å². The van der Waals surface area contributed by atoms with Gasteiger partial charge in [0.2, 0.25) is 0 Å². The maximum atomic E-state index is 12.9. The minimum atomic E-state index is -4.27. The first kappa shape index (κ1) is 13.2. The number of anilines is 1. The fourth-order valence-corrected chi connectivity index (χ4v) is 2.78. The third kappa shape index (κ3) is 2.33. The summed E-state index contributed by atoms with van der Waals surface area (Å²) in [7, 11) is 0. The van der Waals surface area contributed by atoms with Gasteiger partial charge in [-0.2, -0.15) is 13.2 Å². The Hall–Kier alpha value is -1.19. The quantitative estimate of drug-likeness (QED) is 0.721. The molecule has 100 valence electrons. The number of hydrogen-bond donors (Lipinski definition) is 0.